The summed E-state index contributed by atoms with van der Waals surface area (Å²) in [6.45, 7) is 3.76. The Morgan fingerprint density at radius 2 is 1.91 bits per heavy atom. The van der Waals surface area contributed by atoms with Crippen molar-refractivity contribution in [1.29, 1.82) is 0 Å². The van der Waals surface area contributed by atoms with E-state index < -0.39 is 5.97 Å². The van der Waals surface area contributed by atoms with Crippen molar-refractivity contribution < 1.29 is 19.1 Å². The van der Waals surface area contributed by atoms with Crippen molar-refractivity contribution in [1.82, 2.24) is 0 Å². The number of esters is 1. The Bertz CT molecular complexity index is 694. The number of benzene rings is 1. The second kappa shape index (κ2) is 7.78. The summed E-state index contributed by atoms with van der Waals surface area (Å²) < 4.78 is 10.2. The molecule has 2 aromatic rings. The summed E-state index contributed by atoms with van der Waals surface area (Å²) in [5.74, 6) is -0.138. The van der Waals surface area contributed by atoms with Crippen molar-refractivity contribution in [3.63, 3.8) is 0 Å². The fourth-order valence-corrected chi connectivity index (χ4v) is 3.39. The van der Waals surface area contributed by atoms with E-state index in [0.29, 0.717) is 22.7 Å². The largest absolute Gasteiger partial charge is 0.484 e. The number of hydrogen-bond acceptors (Lipinski definition) is 5. The van der Waals surface area contributed by atoms with Crippen LogP contribution in [0.3, 0.4) is 0 Å². The fraction of sp³-hybridized carbons (Fsp3) is 0.294. The van der Waals surface area contributed by atoms with Crippen LogP contribution in [-0.2, 0) is 16.0 Å². The van der Waals surface area contributed by atoms with Crippen LogP contribution in [0.4, 0.5) is 5.00 Å². The highest BCUT2D eigenvalue weighted by molar-refractivity contribution is 7.16. The van der Waals surface area contributed by atoms with Gasteiger partial charge in [0.15, 0.2) is 6.61 Å². The standard InChI is InChI=1S/C17H19NO4S/c1-4-13-11(2)23-16(15(13)17(20)21-3)18-14(19)10-22-12-8-6-5-7-9-12/h5-9H,4,10H2,1-3H3,(H,18,19). The van der Waals surface area contributed by atoms with Gasteiger partial charge in [-0.15, -0.1) is 11.3 Å². The van der Waals surface area contributed by atoms with Crippen LogP contribution in [-0.4, -0.2) is 25.6 Å². The quantitative estimate of drug-likeness (QED) is 0.823. The van der Waals surface area contributed by atoms with Crippen molar-refractivity contribution in [3.05, 3.63) is 46.3 Å². The second-order valence-electron chi connectivity index (χ2n) is 4.84. The van der Waals surface area contributed by atoms with E-state index in [4.69, 9.17) is 9.47 Å². The number of carbonyl (C=O) groups is 2. The molecule has 0 bridgehead atoms. The van der Waals surface area contributed by atoms with Crippen LogP contribution in [0.1, 0.15) is 27.7 Å². The van der Waals surface area contributed by atoms with Gasteiger partial charge in [-0.2, -0.15) is 0 Å². The molecule has 0 aliphatic heterocycles. The maximum absolute atomic E-state index is 12.1. The molecule has 1 aromatic carbocycles. The Balaban J connectivity index is 2.10. The topological polar surface area (TPSA) is 64.6 Å². The molecule has 0 unspecified atom stereocenters. The predicted molar refractivity (Wildman–Crippen MR) is 90.3 cm³/mol. The Hall–Kier alpha value is -2.34. The lowest BCUT2D eigenvalue weighted by Crippen LogP contribution is -2.21. The van der Waals surface area contributed by atoms with Gasteiger partial charge in [-0.05, 0) is 31.0 Å². The third-order valence-corrected chi connectivity index (χ3v) is 4.38. The summed E-state index contributed by atoms with van der Waals surface area (Å²) in [4.78, 5) is 25.1. The number of methoxy groups -OCH3 is 1. The van der Waals surface area contributed by atoms with Crippen LogP contribution in [0.15, 0.2) is 30.3 Å². The highest BCUT2D eigenvalue weighted by Gasteiger charge is 2.23. The SMILES string of the molecule is CCc1c(C)sc(NC(=O)COc2ccccc2)c1C(=O)OC. The summed E-state index contributed by atoms with van der Waals surface area (Å²) in [7, 11) is 1.33. The lowest BCUT2D eigenvalue weighted by atomic mass is 10.1. The molecule has 0 spiro atoms. The molecule has 6 heteroatoms. The van der Waals surface area contributed by atoms with Gasteiger partial charge in [0.25, 0.3) is 5.91 Å². The fourth-order valence-electron chi connectivity index (χ4n) is 2.24. The zero-order chi connectivity index (χ0) is 16.8. The molecule has 1 heterocycles. The first-order valence-corrected chi connectivity index (χ1v) is 8.06. The van der Waals surface area contributed by atoms with Crippen LogP contribution in [0.25, 0.3) is 0 Å². The molecule has 0 aliphatic rings. The molecule has 0 fully saturated rings. The molecule has 1 aromatic heterocycles. The molecule has 0 saturated heterocycles. The summed E-state index contributed by atoms with van der Waals surface area (Å²) in [6, 6.07) is 9.09. The third kappa shape index (κ3) is 4.10. The molecule has 0 radical (unpaired) electrons. The van der Waals surface area contributed by atoms with Gasteiger partial charge >= 0.3 is 5.97 Å². The third-order valence-electron chi connectivity index (χ3n) is 3.32. The number of amides is 1. The van der Waals surface area contributed by atoms with Gasteiger partial charge in [0.2, 0.25) is 0 Å². The van der Waals surface area contributed by atoms with E-state index in [1.807, 2.05) is 32.0 Å². The molecular formula is C17H19NO4S. The second-order valence-corrected chi connectivity index (χ2v) is 6.06. The maximum atomic E-state index is 12.1. The van der Waals surface area contributed by atoms with E-state index in [1.165, 1.54) is 18.4 Å². The van der Waals surface area contributed by atoms with Crippen molar-refractivity contribution >= 4 is 28.2 Å². The maximum Gasteiger partial charge on any atom is 0.341 e. The molecule has 0 atom stereocenters. The van der Waals surface area contributed by atoms with Gasteiger partial charge in [-0.1, -0.05) is 25.1 Å². The zero-order valence-electron chi connectivity index (χ0n) is 13.3. The van der Waals surface area contributed by atoms with E-state index in [2.05, 4.69) is 5.32 Å². The normalized spacial score (nSPS) is 10.2. The van der Waals surface area contributed by atoms with Gasteiger partial charge in [0.1, 0.15) is 10.8 Å². The molecule has 0 saturated carbocycles. The lowest BCUT2D eigenvalue weighted by Gasteiger charge is -2.08. The van der Waals surface area contributed by atoms with Crippen molar-refractivity contribution in [2.24, 2.45) is 0 Å². The molecule has 1 N–H and O–H groups in total. The Morgan fingerprint density at radius 3 is 2.52 bits per heavy atom. The average Bonchev–Trinajstić information content (AvgIpc) is 2.88. The van der Waals surface area contributed by atoms with Gasteiger partial charge in [-0.25, -0.2) is 4.79 Å². The molecule has 2 rings (SSSR count). The number of para-hydroxylation sites is 1. The molecule has 0 aliphatic carbocycles. The van der Waals surface area contributed by atoms with E-state index >= 15 is 0 Å². The van der Waals surface area contributed by atoms with Gasteiger partial charge < -0.3 is 14.8 Å². The Labute approximate surface area is 139 Å². The molecule has 122 valence electrons. The number of anilines is 1. The van der Waals surface area contributed by atoms with E-state index in [-0.39, 0.29) is 12.5 Å². The number of thiophene rings is 1. The van der Waals surface area contributed by atoms with Crippen LogP contribution in [0.2, 0.25) is 0 Å². The number of rotatable bonds is 6. The van der Waals surface area contributed by atoms with Gasteiger partial charge in [0.05, 0.1) is 12.7 Å². The first-order valence-electron chi connectivity index (χ1n) is 7.25. The van der Waals surface area contributed by atoms with Crippen molar-refractivity contribution in [2.75, 3.05) is 19.0 Å². The van der Waals surface area contributed by atoms with Crippen LogP contribution in [0.5, 0.6) is 5.75 Å². The highest BCUT2D eigenvalue weighted by atomic mass is 32.1. The highest BCUT2D eigenvalue weighted by Crippen LogP contribution is 2.33. The zero-order valence-corrected chi connectivity index (χ0v) is 14.2. The number of aryl methyl sites for hydroxylation is 1. The number of carbonyl (C=O) groups excluding carboxylic acids is 2. The monoisotopic (exact) mass is 333 g/mol. The number of nitrogens with one attached hydrogen (secondary N) is 1. The Morgan fingerprint density at radius 1 is 1.22 bits per heavy atom. The van der Waals surface area contributed by atoms with Crippen LogP contribution in [0, 0.1) is 6.92 Å². The van der Waals surface area contributed by atoms with Crippen molar-refractivity contribution in [2.45, 2.75) is 20.3 Å². The number of hydrogen-bond donors (Lipinski definition) is 1. The summed E-state index contributed by atoms with van der Waals surface area (Å²) >= 11 is 1.37. The lowest BCUT2D eigenvalue weighted by molar-refractivity contribution is -0.118. The number of ether oxygens (including phenoxy) is 2. The molecular weight excluding hydrogens is 314 g/mol. The van der Waals surface area contributed by atoms with Gasteiger partial charge in [-0.3, -0.25) is 4.79 Å². The predicted octanol–water partition coefficient (Wildman–Crippen LogP) is 3.42. The summed E-state index contributed by atoms with van der Waals surface area (Å²) in [6.07, 6.45) is 0.698. The van der Waals surface area contributed by atoms with E-state index in [1.54, 1.807) is 12.1 Å². The van der Waals surface area contributed by atoms with Crippen LogP contribution >= 0.6 is 11.3 Å². The van der Waals surface area contributed by atoms with Crippen molar-refractivity contribution in [3.8, 4) is 5.75 Å². The Kier molecular flexibility index (Phi) is 5.76. The molecule has 5 nitrogen and oxygen atoms in total. The van der Waals surface area contributed by atoms with E-state index in [0.717, 1.165) is 10.4 Å². The summed E-state index contributed by atoms with van der Waals surface area (Å²) in [5.41, 5.74) is 1.34. The molecule has 23 heavy (non-hydrogen) atoms. The van der Waals surface area contributed by atoms with Crippen LogP contribution < -0.4 is 10.1 Å². The first-order chi connectivity index (χ1) is 11.1. The minimum Gasteiger partial charge on any atom is -0.484 e. The minimum atomic E-state index is -0.439. The molecule has 1 amide bonds. The first kappa shape index (κ1) is 17.0. The van der Waals surface area contributed by atoms with E-state index in [9.17, 15) is 9.59 Å². The average molecular weight is 333 g/mol. The minimum absolute atomic E-state index is 0.122. The summed E-state index contributed by atoms with van der Waals surface area (Å²) in [5, 5.41) is 3.25. The van der Waals surface area contributed by atoms with Gasteiger partial charge in [0, 0.05) is 4.88 Å². The smallest absolute Gasteiger partial charge is 0.341 e.